The van der Waals surface area contributed by atoms with Gasteiger partial charge in [0.2, 0.25) is 0 Å². The smallest absolute Gasteiger partial charge is 0.391 e. The fraction of sp³-hybridized carbons (Fsp3) is 1.00. The molecule has 1 aliphatic rings. The van der Waals surface area contributed by atoms with Crippen molar-refractivity contribution in [1.82, 2.24) is 0 Å². The van der Waals surface area contributed by atoms with E-state index in [0.29, 0.717) is 0 Å². The first kappa shape index (κ1) is 12.7. The van der Waals surface area contributed by atoms with Crippen molar-refractivity contribution in [2.75, 3.05) is 0 Å². The molecule has 0 aliphatic heterocycles. The summed E-state index contributed by atoms with van der Waals surface area (Å²) < 4.78 is 80.9. The highest BCUT2D eigenvalue weighted by atomic mass is 32.2. The van der Waals surface area contributed by atoms with Crippen LogP contribution in [0.2, 0.25) is 0 Å². The molecule has 0 amide bonds. The molecular weight excluding hydrogens is 240 g/mol. The summed E-state index contributed by atoms with van der Waals surface area (Å²) in [6, 6.07) is 0. The molecule has 3 nitrogen and oxygen atoms in total. The van der Waals surface area contributed by atoms with Crippen LogP contribution in [0.25, 0.3) is 0 Å². The number of alkyl halides is 4. The van der Waals surface area contributed by atoms with Gasteiger partial charge in [0.05, 0.1) is 11.2 Å². The van der Waals surface area contributed by atoms with Gasteiger partial charge in [-0.2, -0.15) is 13.2 Å². The van der Waals surface area contributed by atoms with Crippen molar-refractivity contribution in [3.8, 4) is 0 Å². The fourth-order valence-corrected chi connectivity index (χ4v) is 2.61. The first-order valence-electron chi connectivity index (χ1n) is 4.28. The minimum absolute atomic E-state index is 0.504. The average molecular weight is 249 g/mol. The van der Waals surface area contributed by atoms with E-state index in [4.69, 9.17) is 0 Å². The molecule has 0 N–H and O–H groups in total. The summed E-state index contributed by atoms with van der Waals surface area (Å²) in [6.45, 7) is 0. The van der Waals surface area contributed by atoms with Crippen LogP contribution < -0.4 is 0 Å². The van der Waals surface area contributed by atoms with E-state index < -0.39 is 52.9 Å². The zero-order valence-corrected chi connectivity index (χ0v) is 8.31. The summed E-state index contributed by atoms with van der Waals surface area (Å²) in [6.07, 6.45) is -8.74. The minimum atomic E-state index is -4.84. The topological polar surface area (TPSA) is 57.2 Å². The van der Waals surface area contributed by atoms with Crippen molar-refractivity contribution < 1.29 is 30.5 Å². The molecule has 0 bridgehead atoms. The van der Waals surface area contributed by atoms with Gasteiger partial charge >= 0.3 is 6.18 Å². The molecule has 0 saturated heterocycles. The van der Waals surface area contributed by atoms with Gasteiger partial charge in [-0.25, -0.2) is 12.8 Å². The van der Waals surface area contributed by atoms with Crippen molar-refractivity contribution in [3.05, 3.63) is 0 Å². The van der Waals surface area contributed by atoms with Gasteiger partial charge in [-0.3, -0.25) is 0 Å². The molecule has 0 radical (unpaired) electrons. The zero-order valence-electron chi connectivity index (χ0n) is 7.50. The lowest BCUT2D eigenvalue weighted by molar-refractivity contribution is -0.186. The Morgan fingerprint density at radius 1 is 1.20 bits per heavy atom. The molecule has 0 heterocycles. The van der Waals surface area contributed by atoms with Crippen LogP contribution in [-0.2, 0) is 10.1 Å². The van der Waals surface area contributed by atoms with E-state index in [-0.39, 0.29) is 0 Å². The van der Waals surface area contributed by atoms with E-state index in [1.165, 1.54) is 0 Å². The maximum Gasteiger partial charge on any atom is 0.391 e. The Morgan fingerprint density at radius 3 is 2.07 bits per heavy atom. The van der Waals surface area contributed by atoms with Crippen molar-refractivity contribution in [3.63, 3.8) is 0 Å². The van der Waals surface area contributed by atoms with Gasteiger partial charge in [0.1, 0.15) is 16.3 Å². The van der Waals surface area contributed by atoms with Crippen molar-refractivity contribution in [2.45, 2.75) is 36.9 Å². The first-order valence-corrected chi connectivity index (χ1v) is 5.75. The molecule has 1 fully saturated rings. The van der Waals surface area contributed by atoms with E-state index >= 15 is 0 Å². The predicted octanol–water partition coefficient (Wildman–Crippen LogP) is 1.60. The summed E-state index contributed by atoms with van der Waals surface area (Å²) in [7, 11) is -4.84. The highest BCUT2D eigenvalue weighted by molar-refractivity contribution is 7.86. The molecule has 0 aromatic heterocycles. The van der Waals surface area contributed by atoms with Crippen LogP contribution in [-0.4, -0.2) is 30.6 Å². The van der Waals surface area contributed by atoms with E-state index in [1.807, 2.05) is 0 Å². The van der Waals surface area contributed by atoms with Crippen LogP contribution in [0.15, 0.2) is 0 Å². The van der Waals surface area contributed by atoms with Crippen LogP contribution >= 0.6 is 0 Å². The van der Waals surface area contributed by atoms with Crippen molar-refractivity contribution in [2.24, 2.45) is 5.92 Å². The third-order valence-electron chi connectivity index (χ3n) is 2.55. The summed E-state index contributed by atoms with van der Waals surface area (Å²) in [4.78, 5) is 0. The Labute approximate surface area is 84.2 Å². The van der Waals surface area contributed by atoms with Gasteiger partial charge in [0.15, 0.2) is 0 Å². The summed E-state index contributed by atoms with van der Waals surface area (Å²) in [5.41, 5.74) is 0. The third-order valence-corrected chi connectivity index (χ3v) is 3.82. The minimum Gasteiger partial charge on any atom is -0.748 e. The lowest BCUT2D eigenvalue weighted by atomic mass is 9.87. The molecule has 90 valence electrons. The number of halogens is 4. The molecule has 3 unspecified atom stereocenters. The molecule has 0 aromatic rings. The Bertz CT molecular complexity index is 324. The molecule has 15 heavy (non-hydrogen) atoms. The summed E-state index contributed by atoms with van der Waals surface area (Å²) >= 11 is 0. The SMILES string of the molecule is O=S(=O)([O-])C1CCC(C(F)(F)F)CC1F. The molecule has 0 spiro atoms. The standard InChI is InChI=1S/C7H10F4O3S/c8-5-3-4(7(9,10)11)1-2-6(5)15(12,13)14/h4-6H,1-3H2,(H,12,13,14)/p-1. The Hall–Kier alpha value is -0.370. The van der Waals surface area contributed by atoms with E-state index in [2.05, 4.69) is 0 Å². The molecule has 3 atom stereocenters. The monoisotopic (exact) mass is 249 g/mol. The largest absolute Gasteiger partial charge is 0.748 e. The first-order chi connectivity index (χ1) is 6.62. The van der Waals surface area contributed by atoms with Crippen LogP contribution in [0.3, 0.4) is 0 Å². The Balaban J connectivity index is 2.72. The van der Waals surface area contributed by atoms with Gasteiger partial charge in [-0.1, -0.05) is 0 Å². The van der Waals surface area contributed by atoms with Gasteiger partial charge in [-0.05, 0) is 19.3 Å². The van der Waals surface area contributed by atoms with Gasteiger partial charge < -0.3 is 4.55 Å². The Kier molecular flexibility index (Phi) is 3.30. The van der Waals surface area contributed by atoms with Crippen LogP contribution in [0.1, 0.15) is 19.3 Å². The quantitative estimate of drug-likeness (QED) is 0.524. The van der Waals surface area contributed by atoms with Gasteiger partial charge in [-0.15, -0.1) is 0 Å². The number of rotatable bonds is 1. The van der Waals surface area contributed by atoms with Crippen LogP contribution in [0.5, 0.6) is 0 Å². The van der Waals surface area contributed by atoms with Crippen molar-refractivity contribution in [1.29, 1.82) is 0 Å². The normalized spacial score (nSPS) is 34.1. The van der Waals surface area contributed by atoms with E-state index in [1.54, 1.807) is 0 Å². The van der Waals surface area contributed by atoms with Gasteiger partial charge in [0, 0.05) is 0 Å². The van der Waals surface area contributed by atoms with Crippen LogP contribution in [0, 0.1) is 5.92 Å². The molecular formula is C7H9F4O3S-. The molecule has 8 heteroatoms. The van der Waals surface area contributed by atoms with Crippen molar-refractivity contribution >= 4 is 10.1 Å². The molecule has 1 rings (SSSR count). The summed E-state index contributed by atoms with van der Waals surface area (Å²) in [5, 5.41) is -1.82. The number of hydrogen-bond acceptors (Lipinski definition) is 3. The Morgan fingerprint density at radius 2 is 1.73 bits per heavy atom. The average Bonchev–Trinajstić information content (AvgIpc) is 1.99. The maximum atomic E-state index is 13.0. The lowest BCUT2D eigenvalue weighted by Gasteiger charge is -2.33. The fourth-order valence-electron chi connectivity index (χ4n) is 1.71. The zero-order chi connectivity index (χ0) is 11.9. The third kappa shape index (κ3) is 3.04. The summed E-state index contributed by atoms with van der Waals surface area (Å²) in [5.74, 6) is -1.84. The number of hydrogen-bond donors (Lipinski definition) is 0. The molecule has 0 aromatic carbocycles. The highest BCUT2D eigenvalue weighted by Crippen LogP contribution is 2.40. The second kappa shape index (κ2) is 3.89. The van der Waals surface area contributed by atoms with Crippen LogP contribution in [0.4, 0.5) is 17.6 Å². The predicted molar refractivity (Wildman–Crippen MR) is 41.8 cm³/mol. The molecule has 1 saturated carbocycles. The van der Waals surface area contributed by atoms with Gasteiger partial charge in [0.25, 0.3) is 0 Å². The highest BCUT2D eigenvalue weighted by Gasteiger charge is 2.46. The van der Waals surface area contributed by atoms with E-state index in [0.717, 1.165) is 0 Å². The lowest BCUT2D eigenvalue weighted by Crippen LogP contribution is -2.41. The second-order valence-electron chi connectivity index (χ2n) is 3.60. The second-order valence-corrected chi connectivity index (χ2v) is 5.19. The molecule has 1 aliphatic carbocycles. The maximum absolute atomic E-state index is 13.0. The van der Waals surface area contributed by atoms with E-state index in [9.17, 15) is 30.5 Å².